The molecule has 1 aliphatic rings. The topological polar surface area (TPSA) is 38.0 Å². The zero-order valence-electron chi connectivity index (χ0n) is 4.73. The number of hydrogen-bond acceptors (Lipinski definition) is 2. The van der Waals surface area contributed by atoms with Crippen molar-refractivity contribution >= 4 is 0 Å². The number of alkyl halides is 1. The Kier molecular flexibility index (Phi) is 1.81. The number of nitrogens with two attached hydrogens (primary N) is 1. The molecule has 1 aliphatic heterocycles. The fourth-order valence-electron chi connectivity index (χ4n) is 0.841. The minimum Gasteiger partial charge on any atom is -0.325 e. The third-order valence-corrected chi connectivity index (χ3v) is 1.46. The SMILES string of the molecule is NC1CCNCC1F. The van der Waals surface area contributed by atoms with Gasteiger partial charge in [-0.2, -0.15) is 0 Å². The van der Waals surface area contributed by atoms with Crippen LogP contribution in [0.3, 0.4) is 0 Å². The summed E-state index contributed by atoms with van der Waals surface area (Å²) in [6.45, 7) is 1.29. The van der Waals surface area contributed by atoms with E-state index in [1.54, 1.807) is 0 Å². The van der Waals surface area contributed by atoms with E-state index in [2.05, 4.69) is 5.32 Å². The van der Waals surface area contributed by atoms with Crippen LogP contribution in [0.15, 0.2) is 0 Å². The first-order valence-corrected chi connectivity index (χ1v) is 2.91. The monoisotopic (exact) mass is 118 g/mol. The molecule has 3 N–H and O–H groups in total. The Balaban J connectivity index is 2.28. The molecular weight excluding hydrogens is 107 g/mol. The first-order valence-electron chi connectivity index (χ1n) is 2.91. The van der Waals surface area contributed by atoms with E-state index in [9.17, 15) is 4.39 Å². The van der Waals surface area contributed by atoms with Crippen LogP contribution in [0, 0.1) is 0 Å². The van der Waals surface area contributed by atoms with Crippen LogP contribution in [0.2, 0.25) is 0 Å². The lowest BCUT2D eigenvalue weighted by molar-refractivity contribution is 0.233. The Bertz CT molecular complexity index is 66.8. The molecule has 0 spiro atoms. The van der Waals surface area contributed by atoms with Crippen LogP contribution in [0.5, 0.6) is 0 Å². The molecule has 1 rings (SSSR count). The van der Waals surface area contributed by atoms with Crippen molar-refractivity contribution < 1.29 is 4.39 Å². The van der Waals surface area contributed by atoms with E-state index >= 15 is 0 Å². The molecule has 1 heterocycles. The molecule has 3 heteroatoms. The molecule has 2 atom stereocenters. The Labute approximate surface area is 48.2 Å². The average Bonchev–Trinajstić information content (AvgIpc) is 1.77. The van der Waals surface area contributed by atoms with Crippen molar-refractivity contribution in [1.82, 2.24) is 5.32 Å². The summed E-state index contributed by atoms with van der Waals surface area (Å²) in [6, 6.07) is -0.226. The smallest absolute Gasteiger partial charge is 0.128 e. The molecule has 0 aromatic rings. The van der Waals surface area contributed by atoms with Gasteiger partial charge in [0, 0.05) is 12.6 Å². The van der Waals surface area contributed by atoms with Gasteiger partial charge < -0.3 is 11.1 Å². The zero-order chi connectivity index (χ0) is 5.98. The largest absolute Gasteiger partial charge is 0.325 e. The Morgan fingerprint density at radius 2 is 2.38 bits per heavy atom. The normalized spacial score (nSPS) is 39.8. The van der Waals surface area contributed by atoms with Crippen molar-refractivity contribution in [2.45, 2.75) is 18.6 Å². The van der Waals surface area contributed by atoms with Crippen LogP contribution in [0.1, 0.15) is 6.42 Å². The van der Waals surface area contributed by atoms with Crippen molar-refractivity contribution in [3.8, 4) is 0 Å². The quantitative estimate of drug-likeness (QED) is 0.456. The fourth-order valence-corrected chi connectivity index (χ4v) is 0.841. The molecule has 0 aromatic heterocycles. The van der Waals surface area contributed by atoms with E-state index in [-0.39, 0.29) is 6.04 Å². The maximum absolute atomic E-state index is 12.4. The van der Waals surface area contributed by atoms with Crippen LogP contribution in [-0.4, -0.2) is 25.3 Å². The highest BCUT2D eigenvalue weighted by Crippen LogP contribution is 2.03. The Morgan fingerprint density at radius 1 is 1.62 bits per heavy atom. The summed E-state index contributed by atoms with van der Waals surface area (Å²) in [5.74, 6) is 0. The maximum Gasteiger partial charge on any atom is 0.128 e. The van der Waals surface area contributed by atoms with Gasteiger partial charge in [-0.3, -0.25) is 0 Å². The lowest BCUT2D eigenvalue weighted by atomic mass is 10.1. The third kappa shape index (κ3) is 1.17. The number of hydrogen-bond donors (Lipinski definition) is 2. The molecule has 0 radical (unpaired) electrons. The number of rotatable bonds is 0. The van der Waals surface area contributed by atoms with Gasteiger partial charge in [0.15, 0.2) is 0 Å². The molecule has 0 saturated carbocycles. The summed E-state index contributed by atoms with van der Waals surface area (Å²) in [7, 11) is 0. The predicted molar refractivity (Wildman–Crippen MR) is 30.4 cm³/mol. The molecular formula is C5H11FN2. The van der Waals surface area contributed by atoms with Gasteiger partial charge in [-0.25, -0.2) is 4.39 Å². The second-order valence-corrected chi connectivity index (χ2v) is 2.17. The van der Waals surface area contributed by atoms with E-state index in [0.29, 0.717) is 6.54 Å². The van der Waals surface area contributed by atoms with E-state index in [1.165, 1.54) is 0 Å². The second kappa shape index (κ2) is 2.42. The first kappa shape index (κ1) is 5.98. The lowest BCUT2D eigenvalue weighted by Crippen LogP contribution is -2.46. The zero-order valence-corrected chi connectivity index (χ0v) is 4.73. The van der Waals surface area contributed by atoms with Gasteiger partial charge in [0.25, 0.3) is 0 Å². The minimum atomic E-state index is -0.830. The summed E-state index contributed by atoms with van der Waals surface area (Å²) in [5, 5.41) is 2.91. The molecule has 1 saturated heterocycles. The lowest BCUT2D eigenvalue weighted by Gasteiger charge is -2.22. The Morgan fingerprint density at radius 3 is 2.75 bits per heavy atom. The van der Waals surface area contributed by atoms with Crippen LogP contribution in [0.4, 0.5) is 4.39 Å². The second-order valence-electron chi connectivity index (χ2n) is 2.17. The maximum atomic E-state index is 12.4. The highest BCUT2D eigenvalue weighted by molar-refractivity contribution is 4.79. The fraction of sp³-hybridized carbons (Fsp3) is 1.00. The van der Waals surface area contributed by atoms with Crippen molar-refractivity contribution in [2.75, 3.05) is 13.1 Å². The van der Waals surface area contributed by atoms with E-state index in [0.717, 1.165) is 13.0 Å². The molecule has 0 amide bonds. The van der Waals surface area contributed by atoms with Gasteiger partial charge in [-0.05, 0) is 13.0 Å². The van der Waals surface area contributed by atoms with Crippen LogP contribution < -0.4 is 11.1 Å². The van der Waals surface area contributed by atoms with Gasteiger partial charge in [0.05, 0.1) is 0 Å². The molecule has 1 fully saturated rings. The van der Waals surface area contributed by atoms with Crippen LogP contribution in [-0.2, 0) is 0 Å². The van der Waals surface area contributed by atoms with E-state index in [1.807, 2.05) is 0 Å². The summed E-state index contributed by atoms with van der Waals surface area (Å²) >= 11 is 0. The predicted octanol–water partition coefficient (Wildman–Crippen LogP) is -0.355. The molecule has 0 aromatic carbocycles. The number of piperidine rings is 1. The summed E-state index contributed by atoms with van der Waals surface area (Å²) in [4.78, 5) is 0. The molecule has 48 valence electrons. The highest BCUT2D eigenvalue weighted by Gasteiger charge is 2.19. The number of halogens is 1. The first-order chi connectivity index (χ1) is 3.80. The minimum absolute atomic E-state index is 0.226. The summed E-state index contributed by atoms with van der Waals surface area (Å²) in [6.07, 6.45) is -0.0648. The van der Waals surface area contributed by atoms with Crippen LogP contribution in [0.25, 0.3) is 0 Å². The number of nitrogens with one attached hydrogen (secondary N) is 1. The Hall–Kier alpha value is -0.150. The van der Waals surface area contributed by atoms with E-state index < -0.39 is 6.17 Å². The highest BCUT2D eigenvalue weighted by atomic mass is 19.1. The van der Waals surface area contributed by atoms with Crippen molar-refractivity contribution in [3.63, 3.8) is 0 Å². The van der Waals surface area contributed by atoms with Crippen molar-refractivity contribution in [2.24, 2.45) is 5.73 Å². The molecule has 2 nitrogen and oxygen atoms in total. The van der Waals surface area contributed by atoms with Crippen molar-refractivity contribution in [3.05, 3.63) is 0 Å². The van der Waals surface area contributed by atoms with E-state index in [4.69, 9.17) is 5.73 Å². The summed E-state index contributed by atoms with van der Waals surface area (Å²) in [5.41, 5.74) is 5.36. The van der Waals surface area contributed by atoms with Crippen LogP contribution >= 0.6 is 0 Å². The molecule has 0 aliphatic carbocycles. The van der Waals surface area contributed by atoms with Crippen molar-refractivity contribution in [1.29, 1.82) is 0 Å². The van der Waals surface area contributed by atoms with Gasteiger partial charge in [0.1, 0.15) is 6.17 Å². The van der Waals surface area contributed by atoms with Gasteiger partial charge in [-0.1, -0.05) is 0 Å². The van der Waals surface area contributed by atoms with Gasteiger partial charge in [0.2, 0.25) is 0 Å². The molecule has 8 heavy (non-hydrogen) atoms. The van der Waals surface area contributed by atoms with Gasteiger partial charge >= 0.3 is 0 Å². The summed E-state index contributed by atoms with van der Waals surface area (Å²) < 4.78 is 12.4. The van der Waals surface area contributed by atoms with Gasteiger partial charge in [-0.15, -0.1) is 0 Å². The molecule has 0 bridgehead atoms. The average molecular weight is 118 g/mol. The third-order valence-electron chi connectivity index (χ3n) is 1.46. The molecule has 2 unspecified atom stereocenters. The standard InChI is InChI=1S/C5H11FN2/c6-4-3-8-2-1-5(4)7/h4-5,8H,1-3,7H2.